The summed E-state index contributed by atoms with van der Waals surface area (Å²) in [6.45, 7) is 2.08. The molecule has 1 atom stereocenters. The highest BCUT2D eigenvalue weighted by molar-refractivity contribution is 5.93. The van der Waals surface area contributed by atoms with E-state index in [9.17, 15) is 18.0 Å². The summed E-state index contributed by atoms with van der Waals surface area (Å²) >= 11 is 0. The van der Waals surface area contributed by atoms with E-state index in [2.05, 4.69) is 10.3 Å². The van der Waals surface area contributed by atoms with Gasteiger partial charge in [-0.05, 0) is 24.5 Å². The minimum atomic E-state index is -4.64. The molecule has 0 spiro atoms. The number of hydrogen-bond donors (Lipinski definition) is 3. The number of pyridine rings is 1. The molecule has 5 nitrogen and oxygen atoms in total. The molecule has 1 heterocycles. The van der Waals surface area contributed by atoms with Crippen LogP contribution < -0.4 is 5.32 Å². The van der Waals surface area contributed by atoms with Crippen molar-refractivity contribution in [2.75, 3.05) is 18.5 Å². The van der Waals surface area contributed by atoms with Gasteiger partial charge in [0, 0.05) is 13.2 Å². The monoisotopic (exact) mass is 306 g/mol. The molecular formula is C13H17F3N2O3. The summed E-state index contributed by atoms with van der Waals surface area (Å²) < 4.78 is 37.8. The number of aliphatic hydroxyl groups excluding tert-OH is 1. The molecule has 0 bridgehead atoms. The maximum atomic E-state index is 12.6. The first-order chi connectivity index (χ1) is 9.79. The van der Waals surface area contributed by atoms with Gasteiger partial charge in [-0.3, -0.25) is 0 Å². The zero-order chi connectivity index (χ0) is 16.0. The van der Waals surface area contributed by atoms with Crippen LogP contribution in [0, 0.1) is 5.92 Å². The van der Waals surface area contributed by atoms with Gasteiger partial charge in [0.1, 0.15) is 17.1 Å². The van der Waals surface area contributed by atoms with E-state index in [1.54, 1.807) is 0 Å². The molecule has 0 aromatic carbocycles. The maximum Gasteiger partial charge on any atom is 0.433 e. The third kappa shape index (κ3) is 4.89. The molecule has 0 aliphatic rings. The molecule has 0 amide bonds. The molecule has 0 radical (unpaired) electrons. The third-order valence-corrected chi connectivity index (χ3v) is 3.09. The molecule has 0 aliphatic heterocycles. The molecular weight excluding hydrogens is 289 g/mol. The largest absolute Gasteiger partial charge is 0.478 e. The molecule has 1 rings (SSSR count). The van der Waals surface area contributed by atoms with Gasteiger partial charge in [0.25, 0.3) is 0 Å². The molecule has 3 N–H and O–H groups in total. The topological polar surface area (TPSA) is 82.5 Å². The fourth-order valence-electron chi connectivity index (χ4n) is 1.80. The van der Waals surface area contributed by atoms with Crippen molar-refractivity contribution in [1.82, 2.24) is 4.98 Å². The van der Waals surface area contributed by atoms with Crippen LogP contribution >= 0.6 is 0 Å². The van der Waals surface area contributed by atoms with Crippen LogP contribution in [0.25, 0.3) is 0 Å². The number of alkyl halides is 3. The van der Waals surface area contributed by atoms with Crippen molar-refractivity contribution in [2.24, 2.45) is 5.92 Å². The Morgan fingerprint density at radius 1 is 1.43 bits per heavy atom. The lowest BCUT2D eigenvalue weighted by atomic mass is 10.0. The minimum Gasteiger partial charge on any atom is -0.478 e. The predicted octanol–water partition coefficient (Wildman–Crippen LogP) is 2.62. The van der Waals surface area contributed by atoms with Crippen LogP contribution in [0.15, 0.2) is 12.1 Å². The number of carbonyl (C=O) groups is 1. The number of aromatic nitrogens is 1. The van der Waals surface area contributed by atoms with Crippen molar-refractivity contribution in [3.8, 4) is 0 Å². The number of nitrogens with zero attached hydrogens (tertiary/aromatic N) is 1. The molecule has 0 saturated heterocycles. The van der Waals surface area contributed by atoms with Gasteiger partial charge in [0.2, 0.25) is 0 Å². The van der Waals surface area contributed by atoms with Crippen molar-refractivity contribution < 1.29 is 28.2 Å². The summed E-state index contributed by atoms with van der Waals surface area (Å²) in [5.41, 5.74) is -1.47. The van der Waals surface area contributed by atoms with Crippen molar-refractivity contribution in [3.63, 3.8) is 0 Å². The molecule has 1 aromatic rings. The standard InChI is InChI=1S/C13H17F3N2O3/c1-2-8(5-6-19)7-17-11-9(12(20)21)3-4-10(18-11)13(14,15)16/h3-4,8,19H,2,5-7H2,1H3,(H,17,18)(H,20,21). The third-order valence-electron chi connectivity index (χ3n) is 3.09. The minimum absolute atomic E-state index is 0.0213. The molecule has 0 fully saturated rings. The molecule has 0 saturated carbocycles. The quantitative estimate of drug-likeness (QED) is 0.721. The Labute approximate surface area is 119 Å². The van der Waals surface area contributed by atoms with Crippen LogP contribution in [0.5, 0.6) is 0 Å². The van der Waals surface area contributed by atoms with Crippen LogP contribution in [0.4, 0.5) is 19.0 Å². The van der Waals surface area contributed by atoms with Crippen molar-refractivity contribution in [2.45, 2.75) is 25.9 Å². The average Bonchev–Trinajstić information content (AvgIpc) is 2.41. The van der Waals surface area contributed by atoms with Crippen LogP contribution in [-0.4, -0.2) is 34.3 Å². The number of hydrogen-bond acceptors (Lipinski definition) is 4. The SMILES string of the molecule is CCC(CCO)CNc1nc(C(F)(F)F)ccc1C(=O)O. The van der Waals surface area contributed by atoms with Gasteiger partial charge in [-0.25, -0.2) is 9.78 Å². The van der Waals surface area contributed by atoms with Crippen molar-refractivity contribution in [3.05, 3.63) is 23.4 Å². The number of carboxylic acid groups (broad SMARTS) is 1. The van der Waals surface area contributed by atoms with Gasteiger partial charge in [0.05, 0.1) is 0 Å². The summed E-state index contributed by atoms with van der Waals surface area (Å²) in [6.07, 6.45) is -3.46. The van der Waals surface area contributed by atoms with Crippen molar-refractivity contribution >= 4 is 11.8 Å². The van der Waals surface area contributed by atoms with Crippen LogP contribution in [0.1, 0.15) is 35.8 Å². The normalized spacial score (nSPS) is 13.0. The number of halogens is 3. The van der Waals surface area contributed by atoms with E-state index in [-0.39, 0.29) is 30.5 Å². The first-order valence-electron chi connectivity index (χ1n) is 6.45. The average molecular weight is 306 g/mol. The Bertz CT molecular complexity index is 492. The van der Waals surface area contributed by atoms with Crippen molar-refractivity contribution in [1.29, 1.82) is 0 Å². The first-order valence-corrected chi connectivity index (χ1v) is 6.45. The summed E-state index contributed by atoms with van der Waals surface area (Å²) in [6, 6.07) is 1.52. The van der Waals surface area contributed by atoms with E-state index in [1.165, 1.54) is 0 Å². The number of carboxylic acids is 1. The van der Waals surface area contributed by atoms with E-state index >= 15 is 0 Å². The van der Waals surface area contributed by atoms with Crippen LogP contribution in [-0.2, 0) is 6.18 Å². The Morgan fingerprint density at radius 2 is 2.10 bits per heavy atom. The second-order valence-electron chi connectivity index (χ2n) is 4.56. The lowest BCUT2D eigenvalue weighted by Crippen LogP contribution is -2.19. The fraction of sp³-hybridized carbons (Fsp3) is 0.538. The fourth-order valence-corrected chi connectivity index (χ4v) is 1.80. The summed E-state index contributed by atoms with van der Waals surface area (Å²) in [7, 11) is 0. The van der Waals surface area contributed by atoms with Gasteiger partial charge in [-0.1, -0.05) is 13.3 Å². The zero-order valence-electron chi connectivity index (χ0n) is 11.4. The molecule has 1 unspecified atom stereocenters. The highest BCUT2D eigenvalue weighted by atomic mass is 19.4. The molecule has 21 heavy (non-hydrogen) atoms. The maximum absolute atomic E-state index is 12.6. The number of aliphatic hydroxyl groups is 1. The van der Waals surface area contributed by atoms with Gasteiger partial charge in [0.15, 0.2) is 0 Å². The lowest BCUT2D eigenvalue weighted by Gasteiger charge is -2.17. The Hall–Kier alpha value is -1.83. The van der Waals surface area contributed by atoms with Gasteiger partial charge < -0.3 is 15.5 Å². The van der Waals surface area contributed by atoms with E-state index in [4.69, 9.17) is 10.2 Å². The molecule has 8 heteroatoms. The highest BCUT2D eigenvalue weighted by Crippen LogP contribution is 2.29. The zero-order valence-corrected chi connectivity index (χ0v) is 11.4. The predicted molar refractivity (Wildman–Crippen MR) is 70.2 cm³/mol. The Balaban J connectivity index is 2.98. The lowest BCUT2D eigenvalue weighted by molar-refractivity contribution is -0.141. The van der Waals surface area contributed by atoms with E-state index in [0.29, 0.717) is 18.9 Å². The van der Waals surface area contributed by atoms with E-state index in [1.807, 2.05) is 6.92 Å². The molecule has 0 aliphatic carbocycles. The summed E-state index contributed by atoms with van der Waals surface area (Å²) in [5, 5.41) is 20.5. The van der Waals surface area contributed by atoms with Crippen LogP contribution in [0.2, 0.25) is 0 Å². The van der Waals surface area contributed by atoms with E-state index < -0.39 is 17.8 Å². The Morgan fingerprint density at radius 3 is 2.57 bits per heavy atom. The summed E-state index contributed by atoms with van der Waals surface area (Å²) in [4.78, 5) is 14.4. The molecule has 1 aromatic heterocycles. The van der Waals surface area contributed by atoms with E-state index in [0.717, 1.165) is 6.07 Å². The smallest absolute Gasteiger partial charge is 0.433 e. The second kappa shape index (κ2) is 7.26. The first kappa shape index (κ1) is 17.2. The number of aromatic carboxylic acids is 1. The highest BCUT2D eigenvalue weighted by Gasteiger charge is 2.33. The van der Waals surface area contributed by atoms with Crippen LogP contribution in [0.3, 0.4) is 0 Å². The molecule has 118 valence electrons. The van der Waals surface area contributed by atoms with Gasteiger partial charge in [-0.15, -0.1) is 0 Å². The number of rotatable bonds is 7. The summed E-state index contributed by atoms with van der Waals surface area (Å²) in [5.74, 6) is -1.64. The number of nitrogens with one attached hydrogen (secondary N) is 1. The van der Waals surface area contributed by atoms with Gasteiger partial charge in [-0.2, -0.15) is 13.2 Å². The number of anilines is 1. The Kier molecular flexibility index (Phi) is 5.95. The van der Waals surface area contributed by atoms with Gasteiger partial charge >= 0.3 is 12.1 Å². The second-order valence-corrected chi connectivity index (χ2v) is 4.56.